The van der Waals surface area contributed by atoms with E-state index in [0.717, 1.165) is 6.42 Å². The molecule has 0 heterocycles. The SMILES string of the molecule is C=CCCSCCc1ccccc1. The average molecular weight is 192 g/mol. The van der Waals surface area contributed by atoms with E-state index >= 15 is 0 Å². The molecule has 0 saturated carbocycles. The summed E-state index contributed by atoms with van der Waals surface area (Å²) in [5.41, 5.74) is 1.44. The fraction of sp³-hybridized carbons (Fsp3) is 0.333. The molecule has 0 amide bonds. The van der Waals surface area contributed by atoms with Gasteiger partial charge in [-0.3, -0.25) is 0 Å². The minimum atomic E-state index is 1.12. The highest BCUT2D eigenvalue weighted by atomic mass is 32.2. The van der Waals surface area contributed by atoms with Crippen molar-refractivity contribution in [3.8, 4) is 0 Å². The highest BCUT2D eigenvalue weighted by molar-refractivity contribution is 7.99. The smallest absolute Gasteiger partial charge is 0.00269 e. The zero-order valence-corrected chi connectivity index (χ0v) is 8.72. The van der Waals surface area contributed by atoms with E-state index in [1.807, 2.05) is 17.8 Å². The lowest BCUT2D eigenvalue weighted by Crippen LogP contribution is -1.88. The Hall–Kier alpha value is -0.690. The van der Waals surface area contributed by atoms with Gasteiger partial charge in [0.15, 0.2) is 0 Å². The Balaban J connectivity index is 2.10. The van der Waals surface area contributed by atoms with Gasteiger partial charge in [-0.05, 0) is 29.9 Å². The fourth-order valence-corrected chi connectivity index (χ4v) is 2.02. The van der Waals surface area contributed by atoms with Gasteiger partial charge in [0.25, 0.3) is 0 Å². The number of hydrogen-bond acceptors (Lipinski definition) is 1. The molecule has 1 heteroatoms. The molecule has 0 atom stereocenters. The molecule has 1 aromatic rings. The van der Waals surface area contributed by atoms with E-state index in [-0.39, 0.29) is 0 Å². The molecule has 70 valence electrons. The van der Waals surface area contributed by atoms with Crippen LogP contribution in [0.15, 0.2) is 43.0 Å². The normalized spacial score (nSPS) is 9.85. The molecule has 1 aromatic carbocycles. The number of allylic oxidation sites excluding steroid dienone is 1. The van der Waals surface area contributed by atoms with Crippen LogP contribution in [0, 0.1) is 0 Å². The molecule has 0 aromatic heterocycles. The Labute approximate surface area is 85.1 Å². The van der Waals surface area contributed by atoms with Crippen molar-refractivity contribution in [2.45, 2.75) is 12.8 Å². The lowest BCUT2D eigenvalue weighted by Gasteiger charge is -1.99. The van der Waals surface area contributed by atoms with Crippen LogP contribution in [0.3, 0.4) is 0 Å². The number of hydrogen-bond donors (Lipinski definition) is 0. The molecule has 0 aliphatic heterocycles. The van der Waals surface area contributed by atoms with Gasteiger partial charge in [-0.15, -0.1) is 6.58 Å². The summed E-state index contributed by atoms with van der Waals surface area (Å²) in [7, 11) is 0. The topological polar surface area (TPSA) is 0 Å². The Kier molecular flexibility index (Phi) is 5.42. The van der Waals surface area contributed by atoms with Crippen LogP contribution in [-0.2, 0) is 6.42 Å². The molecule has 13 heavy (non-hydrogen) atoms. The number of rotatable bonds is 6. The van der Waals surface area contributed by atoms with Crippen LogP contribution < -0.4 is 0 Å². The first-order chi connectivity index (χ1) is 6.43. The van der Waals surface area contributed by atoms with E-state index in [2.05, 4.69) is 36.9 Å². The van der Waals surface area contributed by atoms with Gasteiger partial charge in [0.2, 0.25) is 0 Å². The summed E-state index contributed by atoms with van der Waals surface area (Å²) in [4.78, 5) is 0. The molecule has 1 rings (SSSR count). The highest BCUT2D eigenvalue weighted by Crippen LogP contribution is 2.07. The Morgan fingerprint density at radius 1 is 1.15 bits per heavy atom. The number of thioether (sulfide) groups is 1. The monoisotopic (exact) mass is 192 g/mol. The molecule has 0 N–H and O–H groups in total. The predicted octanol–water partition coefficient (Wildman–Crippen LogP) is 3.54. The van der Waals surface area contributed by atoms with Crippen LogP contribution in [0.4, 0.5) is 0 Å². The first-order valence-corrected chi connectivity index (χ1v) is 5.81. The molecule has 0 radical (unpaired) electrons. The summed E-state index contributed by atoms with van der Waals surface area (Å²) in [5, 5.41) is 0. The standard InChI is InChI=1S/C12H16S/c1-2-3-10-13-11-9-12-7-5-4-6-8-12/h2,4-8H,1,3,9-11H2. The maximum Gasteiger partial charge on any atom is -0.00269 e. The largest absolute Gasteiger partial charge is 0.161 e. The summed E-state index contributed by atoms with van der Waals surface area (Å²) in [6, 6.07) is 10.6. The Bertz CT molecular complexity index is 228. The van der Waals surface area contributed by atoms with Crippen molar-refractivity contribution in [1.29, 1.82) is 0 Å². The van der Waals surface area contributed by atoms with Crippen molar-refractivity contribution < 1.29 is 0 Å². The summed E-state index contributed by atoms with van der Waals surface area (Å²) in [6.45, 7) is 3.70. The van der Waals surface area contributed by atoms with Gasteiger partial charge in [0.05, 0.1) is 0 Å². The molecule has 0 bridgehead atoms. The van der Waals surface area contributed by atoms with E-state index in [1.54, 1.807) is 0 Å². The second-order valence-electron chi connectivity index (χ2n) is 2.93. The van der Waals surface area contributed by atoms with E-state index in [9.17, 15) is 0 Å². The predicted molar refractivity (Wildman–Crippen MR) is 62.3 cm³/mol. The van der Waals surface area contributed by atoms with Crippen LogP contribution in [0.2, 0.25) is 0 Å². The van der Waals surface area contributed by atoms with Crippen molar-refractivity contribution in [2.24, 2.45) is 0 Å². The molecule has 0 aliphatic rings. The second-order valence-corrected chi connectivity index (χ2v) is 4.15. The maximum atomic E-state index is 3.70. The van der Waals surface area contributed by atoms with Gasteiger partial charge < -0.3 is 0 Å². The second kappa shape index (κ2) is 6.79. The van der Waals surface area contributed by atoms with Crippen LogP contribution in [0.1, 0.15) is 12.0 Å². The maximum absolute atomic E-state index is 3.70. The zero-order valence-electron chi connectivity index (χ0n) is 7.91. The Morgan fingerprint density at radius 2 is 1.92 bits per heavy atom. The van der Waals surface area contributed by atoms with Crippen LogP contribution in [0.5, 0.6) is 0 Å². The molecule has 0 fully saturated rings. The highest BCUT2D eigenvalue weighted by Gasteiger charge is 1.91. The minimum absolute atomic E-state index is 1.12. The third-order valence-corrected chi connectivity index (χ3v) is 2.86. The summed E-state index contributed by atoms with van der Waals surface area (Å²) < 4.78 is 0. The molecular weight excluding hydrogens is 176 g/mol. The fourth-order valence-electron chi connectivity index (χ4n) is 1.10. The van der Waals surface area contributed by atoms with Gasteiger partial charge in [-0.2, -0.15) is 11.8 Å². The summed E-state index contributed by atoms with van der Waals surface area (Å²) in [5.74, 6) is 2.42. The zero-order chi connectivity index (χ0) is 9.36. The van der Waals surface area contributed by atoms with Crippen molar-refractivity contribution in [1.82, 2.24) is 0 Å². The van der Waals surface area contributed by atoms with Crippen molar-refractivity contribution >= 4 is 11.8 Å². The molecule has 0 aliphatic carbocycles. The molecular formula is C12H16S. The van der Waals surface area contributed by atoms with E-state index in [4.69, 9.17) is 0 Å². The van der Waals surface area contributed by atoms with Gasteiger partial charge in [0, 0.05) is 0 Å². The van der Waals surface area contributed by atoms with Crippen molar-refractivity contribution in [3.63, 3.8) is 0 Å². The quantitative estimate of drug-likeness (QED) is 0.491. The van der Waals surface area contributed by atoms with E-state index in [0.29, 0.717) is 0 Å². The van der Waals surface area contributed by atoms with Crippen LogP contribution in [-0.4, -0.2) is 11.5 Å². The van der Waals surface area contributed by atoms with Gasteiger partial charge in [-0.25, -0.2) is 0 Å². The third-order valence-electron chi connectivity index (χ3n) is 1.84. The number of benzene rings is 1. The average Bonchev–Trinajstić information content (AvgIpc) is 2.19. The molecule has 0 spiro atoms. The molecule has 0 nitrogen and oxygen atoms in total. The first kappa shape index (κ1) is 10.4. The third kappa shape index (κ3) is 4.79. The molecule has 0 saturated heterocycles. The van der Waals surface area contributed by atoms with Crippen molar-refractivity contribution in [2.75, 3.05) is 11.5 Å². The Morgan fingerprint density at radius 3 is 2.62 bits per heavy atom. The van der Waals surface area contributed by atoms with Gasteiger partial charge in [-0.1, -0.05) is 36.4 Å². The minimum Gasteiger partial charge on any atom is -0.161 e. The van der Waals surface area contributed by atoms with Crippen LogP contribution >= 0.6 is 11.8 Å². The van der Waals surface area contributed by atoms with E-state index in [1.165, 1.54) is 23.5 Å². The summed E-state index contributed by atoms with van der Waals surface area (Å²) in [6.07, 6.45) is 4.29. The van der Waals surface area contributed by atoms with Gasteiger partial charge >= 0.3 is 0 Å². The lowest BCUT2D eigenvalue weighted by molar-refractivity contribution is 1.15. The molecule has 0 unspecified atom stereocenters. The summed E-state index contributed by atoms with van der Waals surface area (Å²) >= 11 is 2.00. The van der Waals surface area contributed by atoms with E-state index < -0.39 is 0 Å². The number of aryl methyl sites for hydroxylation is 1. The first-order valence-electron chi connectivity index (χ1n) is 4.66. The lowest BCUT2D eigenvalue weighted by atomic mass is 10.2. The van der Waals surface area contributed by atoms with Crippen LogP contribution in [0.25, 0.3) is 0 Å². The van der Waals surface area contributed by atoms with Gasteiger partial charge in [0.1, 0.15) is 0 Å². The van der Waals surface area contributed by atoms with Crippen molar-refractivity contribution in [3.05, 3.63) is 48.6 Å².